The Labute approximate surface area is 203 Å². The van der Waals surface area contributed by atoms with E-state index in [-0.39, 0.29) is 24.0 Å². The number of piperidine rings is 1. The fourth-order valence-electron chi connectivity index (χ4n) is 4.57. The number of ether oxygens (including phenoxy) is 2. The predicted octanol–water partition coefficient (Wildman–Crippen LogP) is 4.34. The average Bonchev–Trinajstić information content (AvgIpc) is 3.22. The number of hydrogen-bond donors (Lipinski definition) is 2. The van der Waals surface area contributed by atoms with E-state index in [0.717, 1.165) is 70.9 Å². The van der Waals surface area contributed by atoms with Crippen molar-refractivity contribution in [2.24, 2.45) is 4.99 Å². The largest absolute Gasteiger partial charge is 0.376 e. The molecule has 172 valence electrons. The second-order valence-corrected chi connectivity index (χ2v) is 8.45. The molecule has 31 heavy (non-hydrogen) atoms. The topological polar surface area (TPSA) is 61.9 Å². The highest BCUT2D eigenvalue weighted by Crippen LogP contribution is 2.19. The highest BCUT2D eigenvalue weighted by atomic mass is 127. The van der Waals surface area contributed by atoms with Gasteiger partial charge in [0.25, 0.3) is 0 Å². The van der Waals surface area contributed by atoms with Gasteiger partial charge in [-0.15, -0.1) is 24.0 Å². The van der Waals surface area contributed by atoms with Gasteiger partial charge in [0.2, 0.25) is 0 Å². The number of fused-ring (bicyclic) bond motifs is 1. The molecule has 0 saturated carbocycles. The Morgan fingerprint density at radius 3 is 2.84 bits per heavy atom. The van der Waals surface area contributed by atoms with Crippen molar-refractivity contribution in [3.05, 3.63) is 36.0 Å². The third-order valence-corrected chi connectivity index (χ3v) is 6.33. The van der Waals surface area contributed by atoms with E-state index < -0.39 is 0 Å². The smallest absolute Gasteiger partial charge is 0.193 e. The lowest BCUT2D eigenvalue weighted by molar-refractivity contribution is -0.0721. The number of benzene rings is 1. The van der Waals surface area contributed by atoms with E-state index in [1.165, 1.54) is 29.3 Å². The summed E-state index contributed by atoms with van der Waals surface area (Å²) in [6.07, 6.45) is 10.7. The van der Waals surface area contributed by atoms with E-state index in [4.69, 9.17) is 9.47 Å². The van der Waals surface area contributed by atoms with Crippen molar-refractivity contribution in [3.8, 4) is 0 Å². The molecule has 2 aromatic rings. The number of aryl methyl sites for hydroxylation is 1. The lowest BCUT2D eigenvalue weighted by Gasteiger charge is -2.35. The molecule has 2 aliphatic rings. The summed E-state index contributed by atoms with van der Waals surface area (Å²) in [7, 11) is 1.88. The van der Waals surface area contributed by atoms with E-state index in [2.05, 4.69) is 50.7 Å². The minimum atomic E-state index is 0. The fraction of sp³-hybridized carbons (Fsp3) is 0.625. The van der Waals surface area contributed by atoms with Gasteiger partial charge < -0.3 is 24.7 Å². The Morgan fingerprint density at radius 2 is 2.06 bits per heavy atom. The summed E-state index contributed by atoms with van der Waals surface area (Å²) in [6, 6.07) is 8.51. The van der Waals surface area contributed by atoms with E-state index in [0.29, 0.717) is 12.2 Å². The van der Waals surface area contributed by atoms with Crippen LogP contribution in [0.1, 0.15) is 44.1 Å². The first-order valence-electron chi connectivity index (χ1n) is 11.6. The molecule has 1 aromatic heterocycles. The summed E-state index contributed by atoms with van der Waals surface area (Å²) in [4.78, 5) is 10.2. The first-order chi connectivity index (χ1) is 14.8. The summed E-state index contributed by atoms with van der Waals surface area (Å²) in [5, 5.41) is 4.89. The summed E-state index contributed by atoms with van der Waals surface area (Å²) in [5.74, 6) is 1.02. The highest BCUT2D eigenvalue weighted by molar-refractivity contribution is 14.0. The molecule has 0 radical (unpaired) electrons. The third-order valence-electron chi connectivity index (χ3n) is 6.33. The van der Waals surface area contributed by atoms with Crippen LogP contribution in [-0.2, 0) is 15.9 Å². The lowest BCUT2D eigenvalue weighted by Crippen LogP contribution is -2.47. The number of guanidine groups is 1. The van der Waals surface area contributed by atoms with Gasteiger partial charge in [-0.3, -0.25) is 4.99 Å². The number of aromatic nitrogens is 1. The standard InChI is InChI=1S/C24H36N4O2.HI/c1-25-24(26-13-6-7-19-17-27-23-10-3-2-9-22(19)23)28-14-11-20(12-15-28)30-18-21-8-4-5-16-29-21;/h2-3,9-10,17,20-21,27H,4-8,11-16,18H2,1H3,(H,25,26);1H. The van der Waals surface area contributed by atoms with Gasteiger partial charge in [-0.1, -0.05) is 18.2 Å². The van der Waals surface area contributed by atoms with Gasteiger partial charge in [0.1, 0.15) is 0 Å². The van der Waals surface area contributed by atoms with Gasteiger partial charge in [0.05, 0.1) is 18.8 Å². The van der Waals surface area contributed by atoms with Crippen molar-refractivity contribution in [2.75, 3.05) is 39.9 Å². The zero-order chi connectivity index (χ0) is 20.6. The molecule has 2 N–H and O–H groups in total. The predicted molar refractivity (Wildman–Crippen MR) is 138 cm³/mol. The SMILES string of the molecule is CN=C(NCCCc1c[nH]c2ccccc12)N1CCC(OCC2CCCCO2)CC1.I. The van der Waals surface area contributed by atoms with Gasteiger partial charge in [0.15, 0.2) is 5.96 Å². The molecular weight excluding hydrogens is 503 g/mol. The van der Waals surface area contributed by atoms with Crippen molar-refractivity contribution < 1.29 is 9.47 Å². The number of nitrogens with one attached hydrogen (secondary N) is 2. The number of aromatic amines is 1. The molecule has 3 heterocycles. The molecular formula is C24H37IN4O2. The second kappa shape index (κ2) is 12.6. The number of para-hydroxylation sites is 1. The third kappa shape index (κ3) is 6.83. The van der Waals surface area contributed by atoms with Gasteiger partial charge in [-0.25, -0.2) is 0 Å². The molecule has 1 aromatic carbocycles. The zero-order valence-corrected chi connectivity index (χ0v) is 21.0. The molecule has 0 bridgehead atoms. The minimum Gasteiger partial charge on any atom is -0.376 e. The quantitative estimate of drug-likeness (QED) is 0.238. The van der Waals surface area contributed by atoms with Crippen LogP contribution < -0.4 is 5.32 Å². The van der Waals surface area contributed by atoms with Crippen molar-refractivity contribution in [1.82, 2.24) is 15.2 Å². The molecule has 0 aliphatic carbocycles. The van der Waals surface area contributed by atoms with Crippen LogP contribution in [0.2, 0.25) is 0 Å². The number of halogens is 1. The maximum Gasteiger partial charge on any atom is 0.193 e. The Hall–Kier alpha value is -1.32. The van der Waals surface area contributed by atoms with Gasteiger partial charge in [0, 0.05) is 50.4 Å². The van der Waals surface area contributed by atoms with Crippen molar-refractivity contribution in [2.45, 2.75) is 57.2 Å². The molecule has 2 fully saturated rings. The second-order valence-electron chi connectivity index (χ2n) is 8.45. The van der Waals surface area contributed by atoms with E-state index >= 15 is 0 Å². The number of hydrogen-bond acceptors (Lipinski definition) is 3. The Bertz CT molecular complexity index is 811. The van der Waals surface area contributed by atoms with Crippen molar-refractivity contribution >= 4 is 40.8 Å². The van der Waals surface area contributed by atoms with Crippen LogP contribution in [-0.4, -0.2) is 67.9 Å². The summed E-state index contributed by atoms with van der Waals surface area (Å²) >= 11 is 0. The molecule has 0 spiro atoms. The Kier molecular flexibility index (Phi) is 9.93. The number of aliphatic imine (C=N–C) groups is 1. The summed E-state index contributed by atoms with van der Waals surface area (Å²) in [6.45, 7) is 4.58. The van der Waals surface area contributed by atoms with Gasteiger partial charge >= 0.3 is 0 Å². The molecule has 6 nitrogen and oxygen atoms in total. The Morgan fingerprint density at radius 1 is 1.23 bits per heavy atom. The molecule has 1 atom stereocenters. The van der Waals surface area contributed by atoms with Gasteiger partial charge in [-0.05, 0) is 56.6 Å². The van der Waals surface area contributed by atoms with E-state index in [9.17, 15) is 0 Å². The molecule has 4 rings (SSSR count). The maximum atomic E-state index is 6.14. The van der Waals surface area contributed by atoms with Crippen LogP contribution in [0.4, 0.5) is 0 Å². The highest BCUT2D eigenvalue weighted by Gasteiger charge is 2.23. The number of rotatable bonds is 7. The number of H-pyrrole nitrogens is 1. The van der Waals surface area contributed by atoms with E-state index in [1.54, 1.807) is 0 Å². The van der Waals surface area contributed by atoms with Crippen LogP contribution in [0, 0.1) is 0 Å². The Balaban J connectivity index is 0.00000272. The summed E-state index contributed by atoms with van der Waals surface area (Å²) < 4.78 is 11.9. The first kappa shape index (κ1) is 24.3. The normalized spacial score (nSPS) is 20.6. The maximum absolute atomic E-state index is 6.14. The zero-order valence-electron chi connectivity index (χ0n) is 18.6. The van der Waals surface area contributed by atoms with Crippen LogP contribution >= 0.6 is 24.0 Å². The first-order valence-corrected chi connectivity index (χ1v) is 11.6. The molecule has 2 aliphatic heterocycles. The molecule has 0 amide bonds. The average molecular weight is 540 g/mol. The van der Waals surface area contributed by atoms with Crippen LogP contribution in [0.15, 0.2) is 35.5 Å². The lowest BCUT2D eigenvalue weighted by atomic mass is 10.1. The molecule has 7 heteroatoms. The fourth-order valence-corrected chi connectivity index (χ4v) is 4.57. The molecule has 2 saturated heterocycles. The molecule has 1 unspecified atom stereocenters. The van der Waals surface area contributed by atoms with Gasteiger partial charge in [-0.2, -0.15) is 0 Å². The van der Waals surface area contributed by atoms with Crippen LogP contribution in [0.3, 0.4) is 0 Å². The summed E-state index contributed by atoms with van der Waals surface area (Å²) in [5.41, 5.74) is 2.61. The van der Waals surface area contributed by atoms with Crippen molar-refractivity contribution in [1.29, 1.82) is 0 Å². The number of likely N-dealkylation sites (tertiary alicyclic amines) is 1. The van der Waals surface area contributed by atoms with Crippen LogP contribution in [0.25, 0.3) is 10.9 Å². The van der Waals surface area contributed by atoms with Crippen molar-refractivity contribution in [3.63, 3.8) is 0 Å². The number of nitrogens with zero attached hydrogens (tertiary/aromatic N) is 2. The van der Waals surface area contributed by atoms with Crippen LogP contribution in [0.5, 0.6) is 0 Å². The minimum absolute atomic E-state index is 0. The van der Waals surface area contributed by atoms with E-state index in [1.807, 2.05) is 7.05 Å². The monoisotopic (exact) mass is 540 g/mol.